The Balaban J connectivity index is 1.54. The molecular formula is C20H21N3O3S. The fourth-order valence-electron chi connectivity index (χ4n) is 3.73. The highest BCUT2D eigenvalue weighted by atomic mass is 32.1. The van der Waals surface area contributed by atoms with E-state index in [0.29, 0.717) is 31.6 Å². The Kier molecular flexibility index (Phi) is 4.94. The topological polar surface area (TPSA) is 60.9 Å². The molecule has 2 fully saturated rings. The molecule has 0 saturated carbocycles. The summed E-state index contributed by atoms with van der Waals surface area (Å²) in [6.45, 7) is 1.84. The summed E-state index contributed by atoms with van der Waals surface area (Å²) < 4.78 is 0. The zero-order valence-corrected chi connectivity index (χ0v) is 15.7. The Morgan fingerprint density at radius 1 is 1.11 bits per heavy atom. The fourth-order valence-corrected chi connectivity index (χ4v) is 4.36. The van der Waals surface area contributed by atoms with Crippen molar-refractivity contribution in [2.45, 2.75) is 19.0 Å². The number of nitrogens with zero attached hydrogens (tertiary/aromatic N) is 3. The number of hydrogen-bond acceptors (Lipinski definition) is 4. The van der Waals surface area contributed by atoms with E-state index in [1.54, 1.807) is 20.8 Å². The second kappa shape index (κ2) is 7.52. The first kappa shape index (κ1) is 17.7. The summed E-state index contributed by atoms with van der Waals surface area (Å²) in [6, 6.07) is 10.9. The lowest BCUT2D eigenvalue weighted by atomic mass is 10.1. The molecule has 0 radical (unpaired) electrons. The quantitative estimate of drug-likeness (QED) is 0.813. The largest absolute Gasteiger partial charge is 0.336 e. The van der Waals surface area contributed by atoms with Crippen LogP contribution >= 0.6 is 11.3 Å². The van der Waals surface area contributed by atoms with Gasteiger partial charge in [0.2, 0.25) is 11.8 Å². The van der Waals surface area contributed by atoms with E-state index in [-0.39, 0.29) is 30.8 Å². The third-order valence-electron chi connectivity index (χ3n) is 5.11. The van der Waals surface area contributed by atoms with Gasteiger partial charge < -0.3 is 14.7 Å². The summed E-state index contributed by atoms with van der Waals surface area (Å²) in [6.07, 6.45) is 0.685. The van der Waals surface area contributed by atoms with E-state index >= 15 is 0 Å². The van der Waals surface area contributed by atoms with Crippen LogP contribution in [0.25, 0.3) is 0 Å². The van der Waals surface area contributed by atoms with Crippen LogP contribution in [0.1, 0.15) is 22.3 Å². The van der Waals surface area contributed by atoms with Crippen molar-refractivity contribution in [3.63, 3.8) is 0 Å². The van der Waals surface area contributed by atoms with E-state index in [2.05, 4.69) is 0 Å². The normalized spacial score (nSPS) is 20.4. The van der Waals surface area contributed by atoms with Gasteiger partial charge in [0.05, 0.1) is 12.1 Å². The SMILES string of the molecule is O=C(c1ccsc1)N1CCCN2C(=O)CN(Cc3ccccc3)C(=O)C2C1. The van der Waals surface area contributed by atoms with E-state index in [4.69, 9.17) is 0 Å². The van der Waals surface area contributed by atoms with Crippen LogP contribution in [-0.2, 0) is 16.1 Å². The molecule has 2 saturated heterocycles. The number of benzene rings is 1. The van der Waals surface area contributed by atoms with E-state index in [1.807, 2.05) is 41.1 Å². The van der Waals surface area contributed by atoms with Crippen molar-refractivity contribution in [1.82, 2.24) is 14.7 Å². The molecular weight excluding hydrogens is 362 g/mol. The third kappa shape index (κ3) is 3.60. The minimum Gasteiger partial charge on any atom is -0.336 e. The number of fused-ring (bicyclic) bond motifs is 1. The lowest BCUT2D eigenvalue weighted by Crippen LogP contribution is -2.61. The average Bonchev–Trinajstić information content (AvgIpc) is 3.12. The van der Waals surface area contributed by atoms with Gasteiger partial charge in [0.15, 0.2) is 0 Å². The summed E-state index contributed by atoms with van der Waals surface area (Å²) in [4.78, 5) is 43.5. The smallest absolute Gasteiger partial charge is 0.254 e. The van der Waals surface area contributed by atoms with E-state index in [1.165, 1.54) is 11.3 Å². The monoisotopic (exact) mass is 383 g/mol. The van der Waals surface area contributed by atoms with Crippen LogP contribution < -0.4 is 0 Å². The highest BCUT2D eigenvalue weighted by molar-refractivity contribution is 7.08. The molecule has 0 bridgehead atoms. The van der Waals surface area contributed by atoms with Crippen LogP contribution in [0.3, 0.4) is 0 Å². The maximum atomic E-state index is 13.1. The maximum Gasteiger partial charge on any atom is 0.254 e. The van der Waals surface area contributed by atoms with Crippen LogP contribution in [-0.4, -0.2) is 64.6 Å². The number of hydrogen-bond donors (Lipinski definition) is 0. The van der Waals surface area contributed by atoms with Crippen LogP contribution in [0.4, 0.5) is 0 Å². The van der Waals surface area contributed by atoms with Gasteiger partial charge in [-0.25, -0.2) is 0 Å². The standard InChI is InChI=1S/C20H21N3O3S/c24-18-13-22(11-15-5-2-1-3-6-15)20(26)17-12-21(8-4-9-23(17)18)19(25)16-7-10-27-14-16/h1-3,5-7,10,14,17H,4,8-9,11-13H2. The molecule has 0 N–H and O–H groups in total. The van der Waals surface area contributed by atoms with Crippen LogP contribution in [0.2, 0.25) is 0 Å². The van der Waals surface area contributed by atoms with E-state index < -0.39 is 6.04 Å². The van der Waals surface area contributed by atoms with Gasteiger partial charge in [-0.05, 0) is 23.4 Å². The van der Waals surface area contributed by atoms with Crippen molar-refractivity contribution in [2.24, 2.45) is 0 Å². The Morgan fingerprint density at radius 2 is 1.93 bits per heavy atom. The number of thiophene rings is 1. The first-order chi connectivity index (χ1) is 13.1. The van der Waals surface area contributed by atoms with Gasteiger partial charge in [-0.3, -0.25) is 14.4 Å². The van der Waals surface area contributed by atoms with Crippen molar-refractivity contribution in [3.8, 4) is 0 Å². The van der Waals surface area contributed by atoms with Crippen molar-refractivity contribution in [3.05, 3.63) is 58.3 Å². The minimum atomic E-state index is -0.597. The van der Waals surface area contributed by atoms with Crippen LogP contribution in [0.15, 0.2) is 47.2 Å². The number of amides is 3. The molecule has 2 aliphatic rings. The summed E-state index contributed by atoms with van der Waals surface area (Å²) in [5.41, 5.74) is 1.64. The zero-order valence-electron chi connectivity index (χ0n) is 14.9. The van der Waals surface area contributed by atoms with Gasteiger partial charge in [0.1, 0.15) is 12.6 Å². The van der Waals surface area contributed by atoms with E-state index in [0.717, 1.165) is 5.56 Å². The highest BCUT2D eigenvalue weighted by Crippen LogP contribution is 2.21. The van der Waals surface area contributed by atoms with E-state index in [9.17, 15) is 14.4 Å². The summed E-state index contributed by atoms with van der Waals surface area (Å²) in [7, 11) is 0. The Labute approximate surface area is 162 Å². The van der Waals surface area contributed by atoms with Gasteiger partial charge in [-0.2, -0.15) is 11.3 Å². The first-order valence-electron chi connectivity index (χ1n) is 9.07. The molecule has 1 unspecified atom stereocenters. The molecule has 1 aromatic carbocycles. The number of carbonyl (C=O) groups excluding carboxylic acids is 3. The number of carbonyl (C=O) groups is 3. The molecule has 0 spiro atoms. The lowest BCUT2D eigenvalue weighted by Gasteiger charge is -2.40. The van der Waals surface area contributed by atoms with Crippen molar-refractivity contribution in [2.75, 3.05) is 26.2 Å². The Hall–Kier alpha value is -2.67. The number of piperazine rings is 1. The maximum absolute atomic E-state index is 13.1. The molecule has 0 aliphatic carbocycles. The molecule has 4 rings (SSSR count). The molecule has 3 amide bonds. The van der Waals surface area contributed by atoms with Gasteiger partial charge in [-0.15, -0.1) is 0 Å². The van der Waals surface area contributed by atoms with Crippen LogP contribution in [0, 0.1) is 0 Å². The Morgan fingerprint density at radius 3 is 2.67 bits per heavy atom. The van der Waals surface area contributed by atoms with Gasteiger partial charge in [0.25, 0.3) is 5.91 Å². The van der Waals surface area contributed by atoms with Crippen molar-refractivity contribution in [1.29, 1.82) is 0 Å². The zero-order chi connectivity index (χ0) is 18.8. The molecule has 7 heteroatoms. The van der Waals surface area contributed by atoms with Crippen molar-refractivity contribution < 1.29 is 14.4 Å². The summed E-state index contributed by atoms with van der Waals surface area (Å²) >= 11 is 1.48. The summed E-state index contributed by atoms with van der Waals surface area (Å²) in [5.74, 6) is -0.192. The molecule has 1 atom stereocenters. The lowest BCUT2D eigenvalue weighted by molar-refractivity contribution is -0.156. The predicted octanol–water partition coefficient (Wildman–Crippen LogP) is 1.83. The highest BCUT2D eigenvalue weighted by Gasteiger charge is 2.42. The second-order valence-electron chi connectivity index (χ2n) is 6.90. The Bertz CT molecular complexity index is 837. The van der Waals surface area contributed by atoms with Crippen molar-refractivity contribution >= 4 is 29.1 Å². The molecule has 6 nitrogen and oxygen atoms in total. The average molecular weight is 383 g/mol. The number of rotatable bonds is 3. The van der Waals surface area contributed by atoms with Gasteiger partial charge >= 0.3 is 0 Å². The molecule has 2 aromatic rings. The first-order valence-corrected chi connectivity index (χ1v) is 10.0. The second-order valence-corrected chi connectivity index (χ2v) is 7.68. The molecule has 3 heterocycles. The molecule has 140 valence electrons. The predicted molar refractivity (Wildman–Crippen MR) is 102 cm³/mol. The van der Waals surface area contributed by atoms with Gasteiger partial charge in [0, 0.05) is 25.0 Å². The third-order valence-corrected chi connectivity index (χ3v) is 5.79. The molecule has 27 heavy (non-hydrogen) atoms. The molecule has 2 aliphatic heterocycles. The minimum absolute atomic E-state index is 0.0413. The van der Waals surface area contributed by atoms with Crippen LogP contribution in [0.5, 0.6) is 0 Å². The van der Waals surface area contributed by atoms with Gasteiger partial charge in [-0.1, -0.05) is 30.3 Å². The fraction of sp³-hybridized carbons (Fsp3) is 0.350. The summed E-state index contributed by atoms with van der Waals surface area (Å²) in [5, 5.41) is 3.69. The molecule has 1 aromatic heterocycles.